The Hall–Kier alpha value is -0.626. The molecular formula is C13H25NO2Si2. The molecule has 0 saturated heterocycles. The number of anilines is 1. The van der Waals surface area contributed by atoms with Crippen molar-refractivity contribution < 1.29 is 9.59 Å². The molecule has 0 aliphatic carbocycles. The van der Waals surface area contributed by atoms with Gasteiger partial charge in [-0.15, -0.1) is 0 Å². The maximum atomic E-state index is 10.2. The lowest BCUT2D eigenvalue weighted by Gasteiger charge is -2.43. The number of benzene rings is 1. The minimum atomic E-state index is -3.35. The normalized spacial score (nSPS) is 12.7. The second-order valence-electron chi connectivity index (χ2n) is 6.22. The van der Waals surface area contributed by atoms with Gasteiger partial charge in [-0.1, -0.05) is 37.3 Å². The third-order valence-corrected chi connectivity index (χ3v) is 8.87. The van der Waals surface area contributed by atoms with Crippen LogP contribution in [0.1, 0.15) is 16.7 Å². The minimum absolute atomic E-state index is 1.01. The molecule has 3 nitrogen and oxygen atoms in total. The predicted octanol–water partition coefficient (Wildman–Crippen LogP) is 2.81. The van der Waals surface area contributed by atoms with Crippen molar-refractivity contribution in [3.05, 3.63) is 28.8 Å². The first-order valence-corrected chi connectivity index (χ1v) is 12.1. The van der Waals surface area contributed by atoms with E-state index >= 15 is 0 Å². The summed E-state index contributed by atoms with van der Waals surface area (Å²) >= 11 is 0. The Bertz CT molecular complexity index is 410. The maximum Gasteiger partial charge on any atom is 0.442 e. The molecule has 1 rings (SSSR count). The van der Waals surface area contributed by atoms with Crippen molar-refractivity contribution in [2.45, 2.75) is 47.0 Å². The second-order valence-corrected chi connectivity index (χ2v) is 13.8. The van der Waals surface area contributed by atoms with E-state index in [0.717, 1.165) is 16.8 Å². The smallest absolute Gasteiger partial charge is 0.395 e. The van der Waals surface area contributed by atoms with Crippen LogP contribution >= 0.6 is 0 Å². The Balaban J connectivity index is 3.50. The van der Waals surface area contributed by atoms with Crippen molar-refractivity contribution in [1.29, 1.82) is 0 Å². The Labute approximate surface area is 113 Å². The molecule has 0 radical (unpaired) electrons. The lowest BCUT2D eigenvalue weighted by atomic mass is 10.1. The summed E-state index contributed by atoms with van der Waals surface area (Å²) in [5.41, 5.74) is 4.47. The molecule has 0 fully saturated rings. The average Bonchev–Trinajstić information content (AvgIpc) is 2.06. The fourth-order valence-electron chi connectivity index (χ4n) is 2.71. The van der Waals surface area contributed by atoms with Gasteiger partial charge in [0.15, 0.2) is 0 Å². The largest absolute Gasteiger partial charge is 0.442 e. The first-order valence-electron chi connectivity index (χ1n) is 6.27. The van der Waals surface area contributed by atoms with Gasteiger partial charge in [-0.2, -0.15) is 0 Å². The van der Waals surface area contributed by atoms with Gasteiger partial charge in [0.05, 0.1) is 0 Å². The average molecular weight is 284 g/mol. The summed E-state index contributed by atoms with van der Waals surface area (Å²) in [6.07, 6.45) is 0. The molecule has 1 aromatic rings. The van der Waals surface area contributed by atoms with Gasteiger partial charge in [0.1, 0.15) is 8.24 Å². The SMILES string of the molecule is Cc1cc(C)c(N([Si](C)(C)C)[Si](C)(O)O)c(C)c1. The third-order valence-electron chi connectivity index (χ3n) is 2.95. The van der Waals surface area contributed by atoms with Gasteiger partial charge in [-0.05, 0) is 38.4 Å². The van der Waals surface area contributed by atoms with Gasteiger partial charge in [-0.25, -0.2) is 0 Å². The summed E-state index contributed by atoms with van der Waals surface area (Å²) in [4.78, 5) is 20.5. The van der Waals surface area contributed by atoms with Crippen LogP contribution in [0.5, 0.6) is 0 Å². The molecule has 0 spiro atoms. The molecule has 2 N–H and O–H groups in total. The van der Waals surface area contributed by atoms with Gasteiger partial charge in [0.2, 0.25) is 0 Å². The molecule has 0 unspecified atom stereocenters. The van der Waals surface area contributed by atoms with Crippen LogP contribution in [-0.2, 0) is 0 Å². The Morgan fingerprint density at radius 3 is 1.56 bits per heavy atom. The molecule has 0 atom stereocenters. The van der Waals surface area contributed by atoms with E-state index in [9.17, 15) is 9.59 Å². The highest BCUT2D eigenvalue weighted by Crippen LogP contribution is 2.32. The topological polar surface area (TPSA) is 43.7 Å². The summed E-state index contributed by atoms with van der Waals surface area (Å²) in [5.74, 6) is 0. The maximum absolute atomic E-state index is 10.2. The number of nitrogens with zero attached hydrogens (tertiary/aromatic N) is 1. The molecule has 0 aliphatic rings. The van der Waals surface area contributed by atoms with E-state index in [0.29, 0.717) is 0 Å². The fourth-order valence-corrected chi connectivity index (χ4v) is 9.59. The zero-order valence-corrected chi connectivity index (χ0v) is 14.5. The summed E-state index contributed by atoms with van der Waals surface area (Å²) in [7, 11) is -5.20. The number of rotatable bonds is 3. The lowest BCUT2D eigenvalue weighted by Crippen LogP contribution is -2.63. The van der Waals surface area contributed by atoms with E-state index in [-0.39, 0.29) is 0 Å². The van der Waals surface area contributed by atoms with Crippen LogP contribution < -0.4 is 4.23 Å². The zero-order valence-electron chi connectivity index (χ0n) is 12.5. The number of hydrogen-bond acceptors (Lipinski definition) is 3. The summed E-state index contributed by atoms with van der Waals surface area (Å²) in [6, 6.07) is 4.21. The summed E-state index contributed by atoms with van der Waals surface area (Å²) < 4.78 is 1.93. The van der Waals surface area contributed by atoms with E-state index in [1.807, 2.05) is 18.1 Å². The van der Waals surface area contributed by atoms with Gasteiger partial charge in [0, 0.05) is 5.69 Å². The summed E-state index contributed by atoms with van der Waals surface area (Å²) in [5, 5.41) is 0. The highest BCUT2D eigenvalue weighted by Gasteiger charge is 2.42. The molecule has 18 heavy (non-hydrogen) atoms. The lowest BCUT2D eigenvalue weighted by molar-refractivity contribution is 0.373. The van der Waals surface area contributed by atoms with Crippen LogP contribution in [0.4, 0.5) is 5.69 Å². The van der Waals surface area contributed by atoms with Crippen molar-refractivity contribution in [2.24, 2.45) is 0 Å². The highest BCUT2D eigenvalue weighted by atomic mass is 28.4. The van der Waals surface area contributed by atoms with Gasteiger partial charge >= 0.3 is 8.72 Å². The third kappa shape index (κ3) is 3.23. The van der Waals surface area contributed by atoms with Crippen LogP contribution in [0.3, 0.4) is 0 Å². The zero-order chi connectivity index (χ0) is 14.3. The summed E-state index contributed by atoms with van der Waals surface area (Å²) in [6.45, 7) is 14.2. The number of aryl methyl sites for hydroxylation is 3. The van der Waals surface area contributed by atoms with E-state index in [2.05, 4.69) is 38.7 Å². The molecule has 0 bridgehead atoms. The Morgan fingerprint density at radius 1 is 0.889 bits per heavy atom. The van der Waals surface area contributed by atoms with Crippen molar-refractivity contribution in [2.75, 3.05) is 4.23 Å². The first kappa shape index (κ1) is 15.4. The van der Waals surface area contributed by atoms with Gasteiger partial charge in [0.25, 0.3) is 0 Å². The predicted molar refractivity (Wildman–Crippen MR) is 82.5 cm³/mol. The Morgan fingerprint density at radius 2 is 1.28 bits per heavy atom. The molecule has 0 aliphatic heterocycles. The standard InChI is InChI=1S/C13H25NO2Si2/c1-10-8-11(2)13(12(3)9-10)14(17(4,5)6)18(7,15)16/h8-9,15-16H,1-7H3. The quantitative estimate of drug-likeness (QED) is 0.838. The van der Waals surface area contributed by atoms with Crippen LogP contribution in [0.2, 0.25) is 26.2 Å². The van der Waals surface area contributed by atoms with Crippen LogP contribution in [0.25, 0.3) is 0 Å². The monoisotopic (exact) mass is 283 g/mol. The van der Waals surface area contributed by atoms with Crippen molar-refractivity contribution in [1.82, 2.24) is 0 Å². The van der Waals surface area contributed by atoms with Crippen LogP contribution in [0, 0.1) is 20.8 Å². The Kier molecular flexibility index (Phi) is 4.12. The van der Waals surface area contributed by atoms with E-state index < -0.39 is 17.0 Å². The van der Waals surface area contributed by atoms with Crippen molar-refractivity contribution in [3.8, 4) is 0 Å². The first-order chi connectivity index (χ1) is 7.94. The molecule has 0 amide bonds. The van der Waals surface area contributed by atoms with E-state index in [4.69, 9.17) is 0 Å². The molecule has 0 heterocycles. The van der Waals surface area contributed by atoms with E-state index in [1.54, 1.807) is 6.55 Å². The van der Waals surface area contributed by atoms with Crippen molar-refractivity contribution in [3.63, 3.8) is 0 Å². The minimum Gasteiger partial charge on any atom is -0.395 e. The number of hydrogen-bond donors (Lipinski definition) is 2. The van der Waals surface area contributed by atoms with Gasteiger partial charge < -0.3 is 13.8 Å². The molecule has 0 saturated carbocycles. The van der Waals surface area contributed by atoms with Gasteiger partial charge in [-0.3, -0.25) is 0 Å². The van der Waals surface area contributed by atoms with Crippen molar-refractivity contribution >= 4 is 22.6 Å². The molecule has 0 aromatic heterocycles. The molecule has 1 aromatic carbocycles. The molecular weight excluding hydrogens is 258 g/mol. The fraction of sp³-hybridized carbons (Fsp3) is 0.538. The highest BCUT2D eigenvalue weighted by molar-refractivity contribution is 6.94. The second kappa shape index (κ2) is 4.81. The van der Waals surface area contributed by atoms with Crippen LogP contribution in [-0.4, -0.2) is 26.5 Å². The van der Waals surface area contributed by atoms with E-state index in [1.165, 1.54) is 5.56 Å². The molecule has 102 valence electrons. The molecule has 5 heteroatoms. The van der Waals surface area contributed by atoms with Crippen LogP contribution in [0.15, 0.2) is 12.1 Å².